The van der Waals surface area contributed by atoms with Crippen molar-refractivity contribution >= 4 is 11.8 Å². The smallest absolute Gasteiger partial charge is 0.328 e. The zero-order valence-corrected chi connectivity index (χ0v) is 12.6. The van der Waals surface area contributed by atoms with Crippen LogP contribution in [0.15, 0.2) is 6.07 Å². The maximum atomic E-state index is 11.9. The lowest BCUT2D eigenvalue weighted by molar-refractivity contribution is -0.148. The first kappa shape index (κ1) is 15.4. The summed E-state index contributed by atoms with van der Waals surface area (Å²) in [6, 6.07) is 1.54. The highest BCUT2D eigenvalue weighted by molar-refractivity contribution is 5.79. The first-order valence-electron chi connectivity index (χ1n) is 6.63. The van der Waals surface area contributed by atoms with E-state index in [1.165, 1.54) is 0 Å². The van der Waals surface area contributed by atoms with Gasteiger partial charge in [-0.25, -0.2) is 14.8 Å². The van der Waals surface area contributed by atoms with Gasteiger partial charge in [0.05, 0.1) is 6.10 Å². The summed E-state index contributed by atoms with van der Waals surface area (Å²) in [6.45, 7) is 9.40. The Hall–Kier alpha value is -1.65. The number of carbonyl (C=O) groups excluding carboxylic acids is 1. The average molecular weight is 265 g/mol. The van der Waals surface area contributed by atoms with Crippen molar-refractivity contribution in [3.8, 4) is 0 Å². The van der Waals surface area contributed by atoms with Gasteiger partial charge in [-0.15, -0.1) is 0 Å². The van der Waals surface area contributed by atoms with Crippen molar-refractivity contribution in [2.75, 3.05) is 11.9 Å². The molecule has 0 saturated heterocycles. The first-order chi connectivity index (χ1) is 8.85. The van der Waals surface area contributed by atoms with E-state index in [0.29, 0.717) is 5.82 Å². The van der Waals surface area contributed by atoms with Crippen LogP contribution in [0.2, 0.25) is 0 Å². The Kier molecular flexibility index (Phi) is 5.27. The summed E-state index contributed by atoms with van der Waals surface area (Å²) in [7, 11) is 1.84. The van der Waals surface area contributed by atoms with Gasteiger partial charge in [0, 0.05) is 18.8 Å². The van der Waals surface area contributed by atoms with Crippen LogP contribution < -0.4 is 4.90 Å². The molecule has 0 aliphatic heterocycles. The zero-order chi connectivity index (χ0) is 14.6. The molecule has 0 amide bonds. The lowest BCUT2D eigenvalue weighted by Gasteiger charge is -2.25. The fourth-order valence-corrected chi connectivity index (χ4v) is 1.66. The highest BCUT2D eigenvalue weighted by Gasteiger charge is 2.22. The van der Waals surface area contributed by atoms with Gasteiger partial charge < -0.3 is 9.64 Å². The zero-order valence-electron chi connectivity index (χ0n) is 12.6. The number of likely N-dealkylation sites (N-methyl/N-ethyl adjacent to an activating group) is 1. The minimum atomic E-state index is -0.374. The summed E-state index contributed by atoms with van der Waals surface area (Å²) in [5, 5.41) is 0. The largest absolute Gasteiger partial charge is 0.461 e. The number of carbonyl (C=O) groups is 1. The molecule has 0 fully saturated rings. The topological polar surface area (TPSA) is 55.3 Å². The van der Waals surface area contributed by atoms with Gasteiger partial charge in [0.15, 0.2) is 0 Å². The van der Waals surface area contributed by atoms with Crippen LogP contribution >= 0.6 is 0 Å². The second-order valence-electron chi connectivity index (χ2n) is 4.89. The molecule has 0 N–H and O–H groups in total. The molecule has 1 atom stereocenters. The molecule has 0 spiro atoms. The molecule has 5 heteroatoms. The fraction of sp³-hybridized carbons (Fsp3) is 0.643. The van der Waals surface area contributed by atoms with Gasteiger partial charge in [-0.1, -0.05) is 6.92 Å². The maximum absolute atomic E-state index is 11.9. The van der Waals surface area contributed by atoms with Crippen molar-refractivity contribution in [2.24, 2.45) is 0 Å². The molecule has 0 aliphatic rings. The molecule has 1 heterocycles. The minimum Gasteiger partial charge on any atom is -0.461 e. The number of aromatic nitrogens is 2. The molecule has 1 aromatic rings. The normalized spacial score (nSPS) is 12.4. The third-order valence-electron chi connectivity index (χ3n) is 2.87. The van der Waals surface area contributed by atoms with Gasteiger partial charge in [-0.2, -0.15) is 0 Å². The van der Waals surface area contributed by atoms with Crippen LogP contribution in [-0.4, -0.2) is 35.1 Å². The van der Waals surface area contributed by atoms with Crippen LogP contribution in [0.25, 0.3) is 0 Å². The van der Waals surface area contributed by atoms with E-state index in [9.17, 15) is 4.79 Å². The Labute approximate surface area is 115 Å². The van der Waals surface area contributed by atoms with Crippen molar-refractivity contribution in [3.05, 3.63) is 17.6 Å². The quantitative estimate of drug-likeness (QED) is 0.763. The lowest BCUT2D eigenvalue weighted by Crippen LogP contribution is -2.39. The standard InChI is InChI=1S/C14H23N3O2/c1-7-12-8-13(16-11(5)15-12)17(6)10(4)14(18)19-9(2)3/h8-10H,7H2,1-6H3. The van der Waals surface area contributed by atoms with Crippen molar-refractivity contribution in [1.29, 1.82) is 0 Å². The van der Waals surface area contributed by atoms with Gasteiger partial charge in [0.2, 0.25) is 0 Å². The molecule has 0 aliphatic carbocycles. The first-order valence-corrected chi connectivity index (χ1v) is 6.63. The Morgan fingerprint density at radius 2 is 2.00 bits per heavy atom. The lowest BCUT2D eigenvalue weighted by atomic mass is 10.2. The minimum absolute atomic E-state index is 0.110. The van der Waals surface area contributed by atoms with Crippen molar-refractivity contribution in [1.82, 2.24) is 9.97 Å². The molecular formula is C14H23N3O2. The molecular weight excluding hydrogens is 242 g/mol. The van der Waals surface area contributed by atoms with Crippen molar-refractivity contribution in [3.63, 3.8) is 0 Å². The monoisotopic (exact) mass is 265 g/mol. The molecule has 0 radical (unpaired) electrons. The number of aryl methyl sites for hydroxylation is 2. The van der Waals surface area contributed by atoms with Crippen molar-refractivity contribution < 1.29 is 9.53 Å². The van der Waals surface area contributed by atoms with Crippen molar-refractivity contribution in [2.45, 2.75) is 53.2 Å². The number of hydrogen-bond acceptors (Lipinski definition) is 5. The molecule has 1 unspecified atom stereocenters. The highest BCUT2D eigenvalue weighted by atomic mass is 16.5. The van der Waals surface area contributed by atoms with Gasteiger partial charge in [-0.3, -0.25) is 0 Å². The molecule has 1 aromatic heterocycles. The number of anilines is 1. The van der Waals surface area contributed by atoms with Crippen LogP contribution in [0.4, 0.5) is 5.82 Å². The predicted octanol–water partition coefficient (Wildman–Crippen LogP) is 2.12. The number of ether oxygens (including phenoxy) is 1. The highest BCUT2D eigenvalue weighted by Crippen LogP contribution is 2.15. The predicted molar refractivity (Wildman–Crippen MR) is 75.2 cm³/mol. The van der Waals surface area contributed by atoms with E-state index in [-0.39, 0.29) is 18.1 Å². The van der Waals surface area contributed by atoms with Gasteiger partial charge in [0.1, 0.15) is 17.7 Å². The van der Waals surface area contributed by atoms with Crippen LogP contribution in [-0.2, 0) is 16.0 Å². The molecule has 19 heavy (non-hydrogen) atoms. The fourth-order valence-electron chi connectivity index (χ4n) is 1.66. The van der Waals surface area contributed by atoms with Crippen LogP contribution in [0.5, 0.6) is 0 Å². The second-order valence-corrected chi connectivity index (χ2v) is 4.89. The van der Waals surface area contributed by atoms with Crippen LogP contribution in [0, 0.1) is 6.92 Å². The maximum Gasteiger partial charge on any atom is 0.328 e. The summed E-state index contributed by atoms with van der Waals surface area (Å²) >= 11 is 0. The summed E-state index contributed by atoms with van der Waals surface area (Å²) in [6.07, 6.45) is 0.733. The number of esters is 1. The third kappa shape index (κ3) is 4.19. The molecule has 5 nitrogen and oxygen atoms in total. The Balaban J connectivity index is 2.90. The summed E-state index contributed by atoms with van der Waals surface area (Å²) in [4.78, 5) is 22.4. The Bertz CT molecular complexity index is 446. The van der Waals surface area contributed by atoms with Gasteiger partial charge in [0.25, 0.3) is 0 Å². The third-order valence-corrected chi connectivity index (χ3v) is 2.87. The van der Waals surface area contributed by atoms with E-state index in [1.807, 2.05) is 52.6 Å². The van der Waals surface area contributed by atoms with Gasteiger partial charge in [-0.05, 0) is 34.1 Å². The Morgan fingerprint density at radius 3 is 2.53 bits per heavy atom. The van der Waals surface area contributed by atoms with E-state index >= 15 is 0 Å². The van der Waals surface area contributed by atoms with E-state index in [0.717, 1.165) is 17.9 Å². The molecule has 106 valence electrons. The number of rotatable bonds is 5. The van der Waals surface area contributed by atoms with E-state index in [2.05, 4.69) is 9.97 Å². The second kappa shape index (κ2) is 6.50. The molecule has 0 aromatic carbocycles. The van der Waals surface area contributed by atoms with Gasteiger partial charge >= 0.3 is 5.97 Å². The van der Waals surface area contributed by atoms with E-state index < -0.39 is 0 Å². The number of nitrogens with zero attached hydrogens (tertiary/aromatic N) is 3. The van der Waals surface area contributed by atoms with Crippen LogP contribution in [0.3, 0.4) is 0 Å². The molecule has 0 bridgehead atoms. The van der Waals surface area contributed by atoms with E-state index in [4.69, 9.17) is 4.74 Å². The summed E-state index contributed by atoms with van der Waals surface area (Å²) in [5.74, 6) is 1.22. The molecule has 1 rings (SSSR count). The summed E-state index contributed by atoms with van der Waals surface area (Å²) in [5.41, 5.74) is 0.971. The number of hydrogen-bond donors (Lipinski definition) is 0. The Morgan fingerprint density at radius 1 is 1.37 bits per heavy atom. The van der Waals surface area contributed by atoms with E-state index in [1.54, 1.807) is 0 Å². The summed E-state index contributed by atoms with van der Waals surface area (Å²) < 4.78 is 5.22. The SMILES string of the molecule is CCc1cc(N(C)C(C)C(=O)OC(C)C)nc(C)n1. The average Bonchev–Trinajstić information content (AvgIpc) is 2.35. The van der Waals surface area contributed by atoms with Crippen LogP contribution in [0.1, 0.15) is 39.2 Å². The molecule has 0 saturated carbocycles.